The Bertz CT molecular complexity index is 2360. The van der Waals surface area contributed by atoms with Gasteiger partial charge < -0.3 is 24.6 Å². The average molecular weight is 817 g/mol. The number of hydrogen-bond donors (Lipinski definition) is 4. The Morgan fingerprint density at radius 1 is 0.839 bits per heavy atom. The van der Waals surface area contributed by atoms with Gasteiger partial charge in [0.25, 0.3) is 11.8 Å². The molecule has 4 aromatic carbocycles. The Morgan fingerprint density at radius 2 is 1.59 bits per heavy atom. The van der Waals surface area contributed by atoms with Crippen LogP contribution in [0.25, 0.3) is 0 Å². The fourth-order valence-corrected chi connectivity index (χ4v) is 9.88. The number of carbonyl (C=O) groups is 4. The number of carbonyl (C=O) groups excluding carboxylic acids is 4. The number of fused-ring (bicyclic) bond motifs is 4. The number of phenols is 1. The molecule has 286 valence electrons. The van der Waals surface area contributed by atoms with E-state index in [4.69, 9.17) is 44.3 Å². The number of benzene rings is 4. The number of methoxy groups -OCH3 is 2. The molecule has 0 aromatic heterocycles. The number of ether oxygens (including phenoxy) is 2. The molecular weight excluding hydrogens is 784 g/mol. The first-order valence-corrected chi connectivity index (χ1v) is 18.8. The van der Waals surface area contributed by atoms with Crippen molar-refractivity contribution in [3.05, 3.63) is 117 Å². The van der Waals surface area contributed by atoms with E-state index in [1.165, 1.54) is 44.6 Å². The molecule has 12 nitrogen and oxygen atoms in total. The van der Waals surface area contributed by atoms with E-state index in [1.54, 1.807) is 48.5 Å². The highest BCUT2D eigenvalue weighted by Gasteiger charge is 2.70. The minimum Gasteiger partial charge on any atom is -0.503 e. The van der Waals surface area contributed by atoms with Crippen LogP contribution in [0.2, 0.25) is 15.1 Å². The van der Waals surface area contributed by atoms with Gasteiger partial charge in [-0.15, -0.1) is 0 Å². The third kappa shape index (κ3) is 5.67. The van der Waals surface area contributed by atoms with Crippen molar-refractivity contribution in [2.75, 3.05) is 24.5 Å². The van der Waals surface area contributed by atoms with Crippen LogP contribution in [0.4, 0.5) is 11.4 Å². The van der Waals surface area contributed by atoms with Crippen LogP contribution in [0, 0.1) is 23.7 Å². The molecule has 3 fully saturated rings. The molecule has 0 bridgehead atoms. The number of aromatic hydroxyl groups is 1. The van der Waals surface area contributed by atoms with Crippen LogP contribution in [0.5, 0.6) is 17.2 Å². The molecule has 0 radical (unpaired) electrons. The third-order valence-corrected chi connectivity index (χ3v) is 12.4. The molecule has 2 aliphatic carbocycles. The van der Waals surface area contributed by atoms with Gasteiger partial charge in [-0.2, -0.15) is 5.01 Å². The summed E-state index contributed by atoms with van der Waals surface area (Å²) in [6.45, 7) is 0. The molecule has 16 heteroatoms. The second-order valence-electron chi connectivity index (χ2n) is 14.2. The summed E-state index contributed by atoms with van der Waals surface area (Å²) in [7, 11) is 1.04. The van der Waals surface area contributed by atoms with Gasteiger partial charge in [0, 0.05) is 10.9 Å². The molecule has 4 N–H and O–H groups in total. The lowest BCUT2D eigenvalue weighted by Gasteiger charge is -2.50. The van der Waals surface area contributed by atoms with Crippen LogP contribution >= 0.6 is 34.8 Å². The maximum Gasteiger partial charge on any atom is 0.488 e. The number of hydrogen-bond acceptors (Lipinski definition) is 10. The summed E-state index contributed by atoms with van der Waals surface area (Å²) >= 11 is 19.4. The monoisotopic (exact) mass is 815 g/mol. The molecule has 2 aliphatic heterocycles. The highest BCUT2D eigenvalue weighted by Crippen LogP contribution is 2.65. The van der Waals surface area contributed by atoms with Crippen molar-refractivity contribution >= 4 is 82.4 Å². The number of allylic oxidation sites excluding steroid dienone is 2. The second-order valence-corrected chi connectivity index (χ2v) is 15.5. The van der Waals surface area contributed by atoms with Crippen molar-refractivity contribution in [3.63, 3.8) is 0 Å². The molecule has 8 rings (SSSR count). The number of halogens is 3. The van der Waals surface area contributed by atoms with E-state index in [1.807, 2.05) is 6.08 Å². The molecular formula is C40H33BCl3N3O9. The number of nitrogens with one attached hydrogen (secondary N) is 1. The molecule has 2 saturated heterocycles. The highest BCUT2D eigenvalue weighted by molar-refractivity contribution is 6.58. The largest absolute Gasteiger partial charge is 0.503 e. The van der Waals surface area contributed by atoms with Crippen LogP contribution in [0.15, 0.2) is 90.5 Å². The molecule has 0 spiro atoms. The zero-order valence-corrected chi connectivity index (χ0v) is 32.0. The third-order valence-electron chi connectivity index (χ3n) is 11.6. The van der Waals surface area contributed by atoms with Gasteiger partial charge in [-0.3, -0.25) is 29.5 Å². The van der Waals surface area contributed by atoms with Gasteiger partial charge in [0.2, 0.25) is 11.8 Å². The van der Waals surface area contributed by atoms with Gasteiger partial charge in [-0.1, -0.05) is 70.7 Å². The Morgan fingerprint density at radius 3 is 2.27 bits per heavy atom. The lowest BCUT2D eigenvalue weighted by Crippen LogP contribution is -2.53. The van der Waals surface area contributed by atoms with E-state index in [0.29, 0.717) is 27.5 Å². The number of anilines is 2. The quantitative estimate of drug-likeness (QED) is 0.105. The maximum atomic E-state index is 15.5. The zero-order valence-electron chi connectivity index (χ0n) is 29.8. The fourth-order valence-electron chi connectivity index (χ4n) is 9.21. The number of phenolic OH excluding ortho intramolecular Hbond substituents is 1. The van der Waals surface area contributed by atoms with Crippen molar-refractivity contribution in [1.29, 1.82) is 0 Å². The highest BCUT2D eigenvalue weighted by atomic mass is 35.5. The van der Waals surface area contributed by atoms with Gasteiger partial charge in [0.1, 0.15) is 5.75 Å². The number of amides is 4. The first kappa shape index (κ1) is 37.9. The van der Waals surface area contributed by atoms with E-state index >= 15 is 4.79 Å². The average Bonchev–Trinajstić information content (AvgIpc) is 3.57. The summed E-state index contributed by atoms with van der Waals surface area (Å²) in [4.78, 5) is 60.3. The van der Waals surface area contributed by atoms with Crippen molar-refractivity contribution in [2.45, 2.75) is 24.2 Å². The van der Waals surface area contributed by atoms with Crippen molar-refractivity contribution in [2.24, 2.45) is 23.7 Å². The predicted molar refractivity (Wildman–Crippen MR) is 209 cm³/mol. The molecule has 1 saturated carbocycles. The molecule has 4 aliphatic rings. The molecule has 2 heterocycles. The fraction of sp³-hybridized carbons (Fsp3) is 0.250. The van der Waals surface area contributed by atoms with E-state index in [9.17, 15) is 29.5 Å². The summed E-state index contributed by atoms with van der Waals surface area (Å²) in [5, 5.41) is 31.9. The number of imide groups is 2. The minimum absolute atomic E-state index is 0.00215. The second kappa shape index (κ2) is 14.2. The molecule has 56 heavy (non-hydrogen) atoms. The van der Waals surface area contributed by atoms with Crippen LogP contribution in [-0.4, -0.2) is 65.1 Å². The first-order chi connectivity index (χ1) is 26.8. The number of hydrazine groups is 1. The number of rotatable bonds is 8. The van der Waals surface area contributed by atoms with Crippen molar-refractivity contribution in [1.82, 2.24) is 5.01 Å². The van der Waals surface area contributed by atoms with Crippen LogP contribution in [0.1, 0.15) is 29.9 Å². The van der Waals surface area contributed by atoms with Gasteiger partial charge in [0.15, 0.2) is 11.5 Å². The van der Waals surface area contributed by atoms with Gasteiger partial charge in [0.05, 0.1) is 58.8 Å². The zero-order chi connectivity index (χ0) is 39.8. The van der Waals surface area contributed by atoms with E-state index in [2.05, 4.69) is 5.43 Å². The van der Waals surface area contributed by atoms with Gasteiger partial charge in [-0.25, -0.2) is 0 Å². The van der Waals surface area contributed by atoms with Crippen LogP contribution in [0.3, 0.4) is 0 Å². The van der Waals surface area contributed by atoms with Crippen molar-refractivity contribution in [3.8, 4) is 17.2 Å². The summed E-state index contributed by atoms with van der Waals surface area (Å²) in [5.41, 5.74) is 3.32. The molecule has 4 aromatic rings. The van der Waals surface area contributed by atoms with E-state index in [-0.39, 0.29) is 51.2 Å². The Kier molecular flexibility index (Phi) is 9.57. The Balaban J connectivity index is 1.34. The lowest BCUT2D eigenvalue weighted by molar-refractivity contribution is -0.138. The first-order valence-electron chi connectivity index (χ1n) is 17.7. The maximum absolute atomic E-state index is 15.5. The summed E-state index contributed by atoms with van der Waals surface area (Å²) in [6, 6.07) is 20.4. The smallest absolute Gasteiger partial charge is 0.488 e. The molecule has 0 unspecified atom stereocenters. The normalized spacial score (nSPS) is 25.4. The number of nitrogens with zero attached hydrogens (tertiary/aromatic N) is 2. The van der Waals surface area contributed by atoms with Gasteiger partial charge >= 0.3 is 7.12 Å². The minimum atomic E-state index is -1.83. The van der Waals surface area contributed by atoms with Crippen molar-refractivity contribution < 1.29 is 43.8 Å². The SMILES string of the molecule is COc1ccc([C@@]23C(=O)N(Nc4ccc(Cl)cc4Cl)C(=O)[C@@H]2C[C@@H]2C(=CC[C@@H]4C(=O)N(c5cccc(B(O)O)c5)C(=O)[C@@H]42)[C@@H]3c2cc(Cl)c(O)c(OC)c2)cc1. The van der Waals surface area contributed by atoms with Crippen LogP contribution < -0.4 is 25.3 Å². The van der Waals surface area contributed by atoms with E-state index in [0.717, 1.165) is 9.91 Å². The van der Waals surface area contributed by atoms with Gasteiger partial charge in [-0.05, 0) is 89.9 Å². The standard InChI is InChI=1S/C40H33BCl3N3O9/c1-55-24-9-6-20(7-10-24)40-28(37(50)47(39(40)52)45-31-13-8-22(42)17-29(31)43)18-27-25(34(40)19-14-30(44)35(48)32(15-19)56-2)11-12-26-33(27)38(51)46(36(26)49)23-5-3-4-21(16-23)41(53)54/h3-11,13-17,26-28,33-34,45,48,53-54H,12,18H2,1-2H3/t26-,27+,28-,33-,34-,40+/m0/s1. The molecule has 4 amide bonds. The Hall–Kier alpha value is -5.05. The summed E-state index contributed by atoms with van der Waals surface area (Å²) in [5.74, 6) is -6.56. The topological polar surface area (TPSA) is 166 Å². The Labute approximate surface area is 336 Å². The van der Waals surface area contributed by atoms with E-state index < -0.39 is 65.8 Å². The summed E-state index contributed by atoms with van der Waals surface area (Å²) < 4.78 is 11.0. The lowest BCUT2D eigenvalue weighted by atomic mass is 9.49. The summed E-state index contributed by atoms with van der Waals surface area (Å²) in [6.07, 6.45) is 2.00. The molecule has 6 atom stereocenters. The predicted octanol–water partition coefficient (Wildman–Crippen LogP) is 5.24. The van der Waals surface area contributed by atoms with Crippen LogP contribution in [-0.2, 0) is 24.6 Å².